The van der Waals surface area contributed by atoms with E-state index in [1.54, 1.807) is 32.2 Å². The zero-order valence-electron chi connectivity index (χ0n) is 16.5. The van der Waals surface area contributed by atoms with Gasteiger partial charge in [0, 0.05) is 13.0 Å². The van der Waals surface area contributed by atoms with Gasteiger partial charge in [0.15, 0.2) is 11.8 Å². The van der Waals surface area contributed by atoms with Crippen LogP contribution in [0, 0.1) is 11.8 Å². The van der Waals surface area contributed by atoms with E-state index in [0.29, 0.717) is 12.2 Å². The van der Waals surface area contributed by atoms with E-state index in [-0.39, 0.29) is 25.0 Å². The van der Waals surface area contributed by atoms with Crippen LogP contribution < -0.4 is 5.32 Å². The van der Waals surface area contributed by atoms with Crippen LogP contribution in [0.5, 0.6) is 0 Å². The number of imide groups is 1. The maximum atomic E-state index is 13.3. The summed E-state index contributed by atoms with van der Waals surface area (Å²) in [4.78, 5) is 41.0. The summed E-state index contributed by atoms with van der Waals surface area (Å²) in [5, 5.41) is 1.83. The average molecular weight is 397 g/mol. The number of hydrogen-bond acceptors (Lipinski definition) is 5. The van der Waals surface area contributed by atoms with Gasteiger partial charge in [-0.2, -0.15) is 0 Å². The fraction of sp³-hybridized carbons (Fsp3) is 0.409. The van der Waals surface area contributed by atoms with Gasteiger partial charge in [0.2, 0.25) is 17.4 Å². The molecule has 4 atom stereocenters. The normalized spacial score (nSPS) is 28.6. The second-order valence-corrected chi connectivity index (χ2v) is 7.56. The highest BCUT2D eigenvalue weighted by Crippen LogP contribution is 2.45. The zero-order valence-corrected chi connectivity index (χ0v) is 16.5. The SMILES string of the molecule is CCOC(=O)[C@]1(Cc2ccccc2)[NH2+][C@H](c2ccco2)[C@H]2C(=O)N(CC)C(=O)[C@@H]21. The third-order valence-corrected chi connectivity index (χ3v) is 6.04. The third-order valence-electron chi connectivity index (χ3n) is 6.04. The second-order valence-electron chi connectivity index (χ2n) is 7.56. The Kier molecular flexibility index (Phi) is 5.00. The Bertz CT molecular complexity index is 911. The summed E-state index contributed by atoms with van der Waals surface area (Å²) in [6.07, 6.45) is 1.83. The van der Waals surface area contributed by atoms with Crippen LogP contribution in [0.15, 0.2) is 53.1 Å². The number of nitrogens with zero attached hydrogens (tertiary/aromatic N) is 1. The Morgan fingerprint density at radius 3 is 2.52 bits per heavy atom. The first-order valence-corrected chi connectivity index (χ1v) is 9.99. The number of carbonyl (C=O) groups is 3. The van der Waals surface area contributed by atoms with Gasteiger partial charge in [0.05, 0.1) is 12.9 Å². The molecule has 0 aliphatic carbocycles. The minimum Gasteiger partial charge on any atom is -0.463 e. The molecule has 2 saturated heterocycles. The summed E-state index contributed by atoms with van der Waals surface area (Å²) >= 11 is 0. The molecule has 152 valence electrons. The fourth-order valence-corrected chi connectivity index (χ4v) is 4.87. The number of amides is 2. The fourth-order valence-electron chi connectivity index (χ4n) is 4.87. The molecule has 2 aliphatic heterocycles. The van der Waals surface area contributed by atoms with Crippen molar-refractivity contribution in [2.24, 2.45) is 11.8 Å². The van der Waals surface area contributed by atoms with Gasteiger partial charge in [0.25, 0.3) is 0 Å². The maximum absolute atomic E-state index is 13.3. The van der Waals surface area contributed by atoms with Crippen molar-refractivity contribution < 1.29 is 28.9 Å². The van der Waals surface area contributed by atoms with Crippen molar-refractivity contribution in [1.29, 1.82) is 0 Å². The van der Waals surface area contributed by atoms with Crippen LogP contribution in [-0.2, 0) is 25.5 Å². The highest BCUT2D eigenvalue weighted by molar-refractivity contribution is 6.08. The molecule has 2 aliphatic rings. The molecule has 0 radical (unpaired) electrons. The minimum atomic E-state index is -1.23. The molecule has 0 saturated carbocycles. The quantitative estimate of drug-likeness (QED) is 0.581. The van der Waals surface area contributed by atoms with Gasteiger partial charge >= 0.3 is 5.97 Å². The lowest BCUT2D eigenvalue weighted by Gasteiger charge is -2.29. The van der Waals surface area contributed by atoms with Crippen LogP contribution in [-0.4, -0.2) is 41.4 Å². The number of furan rings is 1. The number of ether oxygens (including phenoxy) is 1. The van der Waals surface area contributed by atoms with Gasteiger partial charge in [-0.05, 0) is 31.5 Å². The van der Waals surface area contributed by atoms with E-state index in [1.807, 2.05) is 35.6 Å². The van der Waals surface area contributed by atoms with Crippen LogP contribution in [0.2, 0.25) is 0 Å². The molecule has 0 spiro atoms. The molecule has 2 fully saturated rings. The number of fused-ring (bicyclic) bond motifs is 1. The Morgan fingerprint density at radius 2 is 1.90 bits per heavy atom. The van der Waals surface area contributed by atoms with Crippen molar-refractivity contribution in [2.75, 3.05) is 13.2 Å². The summed E-state index contributed by atoms with van der Waals surface area (Å²) in [6, 6.07) is 12.6. The third kappa shape index (κ3) is 2.97. The van der Waals surface area contributed by atoms with E-state index in [4.69, 9.17) is 9.15 Å². The number of esters is 1. The molecule has 29 heavy (non-hydrogen) atoms. The van der Waals surface area contributed by atoms with Crippen LogP contribution in [0.3, 0.4) is 0 Å². The smallest absolute Gasteiger partial charge is 0.369 e. The summed E-state index contributed by atoms with van der Waals surface area (Å²) in [5.74, 6) is -1.91. The van der Waals surface area contributed by atoms with Crippen molar-refractivity contribution in [1.82, 2.24) is 4.90 Å². The molecule has 1 aromatic carbocycles. The second kappa shape index (κ2) is 7.48. The topological polar surface area (TPSA) is 93.4 Å². The predicted octanol–water partition coefficient (Wildman–Crippen LogP) is 1.06. The van der Waals surface area contributed by atoms with Gasteiger partial charge in [-0.1, -0.05) is 30.3 Å². The van der Waals surface area contributed by atoms with E-state index in [0.717, 1.165) is 5.56 Å². The summed E-state index contributed by atoms with van der Waals surface area (Å²) < 4.78 is 11.0. The first-order valence-electron chi connectivity index (χ1n) is 9.99. The van der Waals surface area contributed by atoms with Crippen LogP contribution in [0.1, 0.15) is 31.2 Å². The highest BCUT2D eigenvalue weighted by Gasteiger charge is 2.72. The summed E-state index contributed by atoms with van der Waals surface area (Å²) in [6.45, 7) is 3.99. The van der Waals surface area contributed by atoms with E-state index in [2.05, 4.69) is 0 Å². The molecule has 3 heterocycles. The number of carbonyl (C=O) groups excluding carboxylic acids is 3. The molecule has 2 N–H and O–H groups in total. The maximum Gasteiger partial charge on any atom is 0.369 e. The largest absolute Gasteiger partial charge is 0.463 e. The molecule has 7 nitrogen and oxygen atoms in total. The number of rotatable bonds is 6. The molecule has 2 amide bonds. The van der Waals surface area contributed by atoms with E-state index < -0.39 is 29.4 Å². The van der Waals surface area contributed by atoms with Crippen molar-refractivity contribution in [3.63, 3.8) is 0 Å². The van der Waals surface area contributed by atoms with Crippen LogP contribution in [0.4, 0.5) is 0 Å². The molecule has 2 aromatic rings. The lowest BCUT2D eigenvalue weighted by Crippen LogP contribution is -2.98. The Labute approximate surface area is 169 Å². The Hall–Kier alpha value is -2.93. The average Bonchev–Trinajstić information content (AvgIpc) is 3.41. The van der Waals surface area contributed by atoms with E-state index in [1.165, 1.54) is 4.90 Å². The molecule has 7 heteroatoms. The molecule has 0 bridgehead atoms. The van der Waals surface area contributed by atoms with Gasteiger partial charge < -0.3 is 14.5 Å². The minimum absolute atomic E-state index is 0.200. The van der Waals surface area contributed by atoms with Crippen LogP contribution >= 0.6 is 0 Å². The number of likely N-dealkylation sites (tertiary alicyclic amines) is 1. The van der Waals surface area contributed by atoms with Crippen LogP contribution in [0.25, 0.3) is 0 Å². The Balaban J connectivity index is 1.85. The monoisotopic (exact) mass is 397 g/mol. The molecular formula is C22H25N2O5+. The van der Waals surface area contributed by atoms with Gasteiger partial charge in [0.1, 0.15) is 11.8 Å². The lowest BCUT2D eigenvalue weighted by molar-refractivity contribution is -0.735. The van der Waals surface area contributed by atoms with E-state index in [9.17, 15) is 14.4 Å². The standard InChI is InChI=1S/C22H24N2O5/c1-3-24-19(25)16-17(20(24)26)22(21(27)28-4-2,13-14-9-6-5-7-10-14)23-18(16)15-11-8-12-29-15/h5-12,16-18,23H,3-4,13H2,1-2H3/p+1/t16-,17+,18+,22+/m0/s1. The van der Waals surface area contributed by atoms with Gasteiger partial charge in [-0.3, -0.25) is 14.5 Å². The first kappa shape index (κ1) is 19.4. The number of benzene rings is 1. The first-order chi connectivity index (χ1) is 14.0. The lowest BCUT2D eigenvalue weighted by atomic mass is 9.76. The highest BCUT2D eigenvalue weighted by atomic mass is 16.5. The predicted molar refractivity (Wildman–Crippen MR) is 102 cm³/mol. The zero-order chi connectivity index (χ0) is 20.6. The van der Waals surface area contributed by atoms with E-state index >= 15 is 0 Å². The summed E-state index contributed by atoms with van der Waals surface area (Å²) in [5.41, 5.74) is -0.318. The molecular weight excluding hydrogens is 372 g/mol. The number of nitrogens with two attached hydrogens (primary N) is 1. The van der Waals surface area contributed by atoms with Crippen molar-refractivity contribution >= 4 is 17.8 Å². The van der Waals surface area contributed by atoms with Gasteiger partial charge in [-0.15, -0.1) is 0 Å². The molecule has 4 rings (SSSR count). The van der Waals surface area contributed by atoms with Crippen molar-refractivity contribution in [3.05, 3.63) is 60.1 Å². The molecule has 0 unspecified atom stereocenters. The van der Waals surface area contributed by atoms with Gasteiger partial charge in [-0.25, -0.2) is 4.79 Å². The van der Waals surface area contributed by atoms with Crippen molar-refractivity contribution in [2.45, 2.75) is 31.8 Å². The Morgan fingerprint density at radius 1 is 1.14 bits per heavy atom. The van der Waals surface area contributed by atoms with Crippen molar-refractivity contribution in [3.8, 4) is 0 Å². The summed E-state index contributed by atoms with van der Waals surface area (Å²) in [7, 11) is 0. The molecule has 1 aromatic heterocycles. The number of hydrogen-bond donors (Lipinski definition) is 1. The number of quaternary nitrogens is 1.